The molecule has 2 atom stereocenters. The van der Waals surface area contributed by atoms with Gasteiger partial charge in [0.15, 0.2) is 0 Å². The van der Waals surface area contributed by atoms with Crippen molar-refractivity contribution in [3.63, 3.8) is 0 Å². The number of ether oxygens (including phenoxy) is 1. The lowest BCUT2D eigenvalue weighted by Gasteiger charge is -2.26. The summed E-state index contributed by atoms with van der Waals surface area (Å²) in [5, 5.41) is 7.60. The number of aromatic nitrogens is 4. The molecule has 2 aromatic heterocycles. The van der Waals surface area contributed by atoms with Gasteiger partial charge in [-0.05, 0) is 13.0 Å². The Morgan fingerprint density at radius 1 is 1.58 bits per heavy atom. The summed E-state index contributed by atoms with van der Waals surface area (Å²) in [4.78, 5) is 4.27. The van der Waals surface area contributed by atoms with E-state index in [0.717, 1.165) is 31.9 Å². The van der Waals surface area contributed by atoms with Crippen molar-refractivity contribution in [3.05, 3.63) is 36.7 Å². The smallest absolute Gasteiger partial charge is 0.111 e. The predicted octanol–water partition coefficient (Wildman–Crippen LogP) is 1.00. The highest BCUT2D eigenvalue weighted by Gasteiger charge is 2.21. The highest BCUT2D eigenvalue weighted by molar-refractivity contribution is 5.06. The van der Waals surface area contributed by atoms with Crippen molar-refractivity contribution in [1.82, 2.24) is 24.6 Å². The van der Waals surface area contributed by atoms with E-state index in [1.165, 1.54) is 0 Å². The van der Waals surface area contributed by atoms with Crippen molar-refractivity contribution in [2.45, 2.75) is 25.6 Å². The Balaban J connectivity index is 1.75. The third kappa shape index (κ3) is 2.69. The molecule has 1 aliphatic rings. The SMILES string of the molecule is CC(Cn1cccn1)n1cncc1C1CNCCO1. The van der Waals surface area contributed by atoms with Crippen LogP contribution >= 0.6 is 0 Å². The number of rotatable bonds is 4. The summed E-state index contributed by atoms with van der Waals surface area (Å²) < 4.78 is 9.92. The Hall–Kier alpha value is -1.66. The van der Waals surface area contributed by atoms with Crippen molar-refractivity contribution in [1.29, 1.82) is 0 Å². The molecule has 1 fully saturated rings. The van der Waals surface area contributed by atoms with Crippen LogP contribution in [0.15, 0.2) is 31.0 Å². The Kier molecular flexibility index (Phi) is 3.61. The number of hydrogen-bond acceptors (Lipinski definition) is 4. The van der Waals surface area contributed by atoms with Crippen LogP contribution in [0.1, 0.15) is 24.8 Å². The second-order valence-electron chi connectivity index (χ2n) is 4.87. The molecule has 3 heterocycles. The molecule has 102 valence electrons. The summed E-state index contributed by atoms with van der Waals surface area (Å²) >= 11 is 0. The monoisotopic (exact) mass is 261 g/mol. The van der Waals surface area contributed by atoms with Gasteiger partial charge >= 0.3 is 0 Å². The Morgan fingerprint density at radius 3 is 3.26 bits per heavy atom. The highest BCUT2D eigenvalue weighted by atomic mass is 16.5. The molecule has 0 spiro atoms. The molecule has 6 heteroatoms. The number of hydrogen-bond donors (Lipinski definition) is 1. The molecule has 1 N–H and O–H groups in total. The second-order valence-corrected chi connectivity index (χ2v) is 4.87. The molecule has 2 aromatic rings. The van der Waals surface area contributed by atoms with Crippen molar-refractivity contribution in [2.75, 3.05) is 19.7 Å². The zero-order valence-electron chi connectivity index (χ0n) is 11.1. The predicted molar refractivity (Wildman–Crippen MR) is 70.7 cm³/mol. The molecule has 6 nitrogen and oxygen atoms in total. The highest BCUT2D eigenvalue weighted by Crippen LogP contribution is 2.22. The zero-order valence-corrected chi connectivity index (χ0v) is 11.1. The van der Waals surface area contributed by atoms with Gasteiger partial charge in [-0.3, -0.25) is 4.68 Å². The van der Waals surface area contributed by atoms with Gasteiger partial charge in [-0.1, -0.05) is 0 Å². The maximum absolute atomic E-state index is 5.80. The topological polar surface area (TPSA) is 56.9 Å². The van der Waals surface area contributed by atoms with E-state index in [2.05, 4.69) is 26.9 Å². The minimum atomic E-state index is 0.0938. The first-order valence-electron chi connectivity index (χ1n) is 6.66. The maximum atomic E-state index is 5.80. The lowest BCUT2D eigenvalue weighted by Crippen LogP contribution is -2.34. The Bertz CT molecular complexity index is 501. The van der Waals surface area contributed by atoms with Crippen LogP contribution in [0.25, 0.3) is 0 Å². The number of nitrogens with zero attached hydrogens (tertiary/aromatic N) is 4. The average Bonchev–Trinajstić information content (AvgIpc) is 3.10. The molecule has 3 rings (SSSR count). The lowest BCUT2D eigenvalue weighted by atomic mass is 10.2. The van der Waals surface area contributed by atoms with Crippen molar-refractivity contribution in [2.24, 2.45) is 0 Å². The van der Waals surface area contributed by atoms with Gasteiger partial charge in [-0.25, -0.2) is 4.98 Å². The van der Waals surface area contributed by atoms with Gasteiger partial charge in [-0.2, -0.15) is 5.10 Å². The summed E-state index contributed by atoms with van der Waals surface area (Å²) in [6, 6.07) is 2.23. The van der Waals surface area contributed by atoms with E-state index in [9.17, 15) is 0 Å². The van der Waals surface area contributed by atoms with Crippen LogP contribution in [0.5, 0.6) is 0 Å². The summed E-state index contributed by atoms with van der Waals surface area (Å²) in [5.41, 5.74) is 1.13. The molecule has 2 unspecified atom stereocenters. The van der Waals surface area contributed by atoms with Gasteiger partial charge in [0.2, 0.25) is 0 Å². The first-order chi connectivity index (χ1) is 9.34. The van der Waals surface area contributed by atoms with Crippen LogP contribution < -0.4 is 5.32 Å². The van der Waals surface area contributed by atoms with E-state index in [1.807, 2.05) is 29.5 Å². The molecule has 1 aliphatic heterocycles. The molecule has 0 aromatic carbocycles. The molecule has 19 heavy (non-hydrogen) atoms. The Morgan fingerprint density at radius 2 is 2.53 bits per heavy atom. The van der Waals surface area contributed by atoms with E-state index in [0.29, 0.717) is 6.04 Å². The first-order valence-corrected chi connectivity index (χ1v) is 6.66. The zero-order chi connectivity index (χ0) is 13.1. The molecule has 0 saturated carbocycles. The fourth-order valence-electron chi connectivity index (χ4n) is 2.46. The summed E-state index contributed by atoms with van der Waals surface area (Å²) in [5.74, 6) is 0. The quantitative estimate of drug-likeness (QED) is 0.892. The van der Waals surface area contributed by atoms with E-state index in [-0.39, 0.29) is 6.10 Å². The molecular weight excluding hydrogens is 242 g/mol. The van der Waals surface area contributed by atoms with Crippen LogP contribution in [-0.2, 0) is 11.3 Å². The molecule has 1 saturated heterocycles. The third-order valence-corrected chi connectivity index (χ3v) is 3.44. The molecule has 0 bridgehead atoms. The largest absolute Gasteiger partial charge is 0.369 e. The summed E-state index contributed by atoms with van der Waals surface area (Å²) in [6.07, 6.45) is 7.65. The second kappa shape index (κ2) is 5.54. The summed E-state index contributed by atoms with van der Waals surface area (Å²) in [6.45, 7) is 5.52. The van der Waals surface area contributed by atoms with Crippen molar-refractivity contribution >= 4 is 0 Å². The first kappa shape index (κ1) is 12.4. The molecular formula is C13H19N5O. The fraction of sp³-hybridized carbons (Fsp3) is 0.538. The van der Waals surface area contributed by atoms with Crippen LogP contribution in [0.4, 0.5) is 0 Å². The van der Waals surface area contributed by atoms with Crippen LogP contribution in [0.3, 0.4) is 0 Å². The van der Waals surface area contributed by atoms with E-state index < -0.39 is 0 Å². The Labute approximate surface area is 112 Å². The van der Waals surface area contributed by atoms with Crippen LogP contribution in [0, 0.1) is 0 Å². The van der Waals surface area contributed by atoms with Gasteiger partial charge in [0.1, 0.15) is 6.10 Å². The van der Waals surface area contributed by atoms with Gasteiger partial charge in [0.05, 0.1) is 37.4 Å². The van der Waals surface area contributed by atoms with Crippen LogP contribution in [0.2, 0.25) is 0 Å². The van der Waals surface area contributed by atoms with E-state index >= 15 is 0 Å². The number of nitrogens with one attached hydrogen (secondary N) is 1. The van der Waals surface area contributed by atoms with Gasteiger partial charge < -0.3 is 14.6 Å². The van der Waals surface area contributed by atoms with Gasteiger partial charge in [-0.15, -0.1) is 0 Å². The van der Waals surface area contributed by atoms with Crippen molar-refractivity contribution < 1.29 is 4.74 Å². The minimum Gasteiger partial charge on any atom is -0.369 e. The van der Waals surface area contributed by atoms with E-state index in [1.54, 1.807) is 6.20 Å². The van der Waals surface area contributed by atoms with Gasteiger partial charge in [0.25, 0.3) is 0 Å². The lowest BCUT2D eigenvalue weighted by molar-refractivity contribution is 0.0219. The standard InChI is InChI=1S/C13H19N5O/c1-11(9-17-5-2-3-16-17)18-10-15-7-12(18)13-8-14-4-6-19-13/h2-3,5,7,10-11,13-14H,4,6,8-9H2,1H3. The van der Waals surface area contributed by atoms with E-state index in [4.69, 9.17) is 4.74 Å². The average molecular weight is 261 g/mol. The van der Waals surface area contributed by atoms with Gasteiger partial charge in [0, 0.05) is 25.5 Å². The maximum Gasteiger partial charge on any atom is 0.111 e. The number of morpholine rings is 1. The molecule has 0 radical (unpaired) electrons. The molecule has 0 aliphatic carbocycles. The fourth-order valence-corrected chi connectivity index (χ4v) is 2.46. The minimum absolute atomic E-state index is 0.0938. The molecule has 0 amide bonds. The normalized spacial score (nSPS) is 21.4. The summed E-state index contributed by atoms with van der Waals surface area (Å²) in [7, 11) is 0. The van der Waals surface area contributed by atoms with Crippen LogP contribution in [-0.4, -0.2) is 39.0 Å². The number of imidazole rings is 1. The third-order valence-electron chi connectivity index (χ3n) is 3.44. The van der Waals surface area contributed by atoms with Crippen molar-refractivity contribution in [3.8, 4) is 0 Å².